The van der Waals surface area contributed by atoms with Gasteiger partial charge in [0.2, 0.25) is 0 Å². The van der Waals surface area contributed by atoms with Crippen LogP contribution in [0.4, 0.5) is 14.9 Å². The third kappa shape index (κ3) is 3.76. The van der Waals surface area contributed by atoms with Crippen molar-refractivity contribution in [2.75, 3.05) is 11.1 Å². The molecule has 2 amide bonds. The Hall–Kier alpha value is -2.34. The third-order valence-electron chi connectivity index (χ3n) is 3.87. The number of Topliss-reactive ketones (excluding diaryl/α,β-unsaturated/α-hetero) is 1. The van der Waals surface area contributed by atoms with Crippen LogP contribution in [0.15, 0.2) is 47.4 Å². The summed E-state index contributed by atoms with van der Waals surface area (Å²) in [6.45, 7) is 1.49. The smallest absolute Gasteiger partial charge is 0.319 e. The number of urea groups is 1. The molecular weight excluding hydrogens is 327 g/mol. The summed E-state index contributed by atoms with van der Waals surface area (Å²) in [6, 6.07) is 10.8. The van der Waals surface area contributed by atoms with E-state index in [0.717, 1.165) is 22.6 Å². The van der Waals surface area contributed by atoms with E-state index in [1.54, 1.807) is 42.1 Å². The van der Waals surface area contributed by atoms with Gasteiger partial charge >= 0.3 is 6.03 Å². The molecule has 2 aromatic rings. The number of anilines is 1. The Bertz CT molecular complexity index is 777. The highest BCUT2D eigenvalue weighted by Gasteiger charge is 2.22. The van der Waals surface area contributed by atoms with E-state index in [4.69, 9.17) is 0 Å². The van der Waals surface area contributed by atoms with Crippen molar-refractivity contribution in [3.05, 3.63) is 59.4 Å². The molecule has 1 aliphatic heterocycles. The van der Waals surface area contributed by atoms with Gasteiger partial charge in [-0.3, -0.25) is 4.79 Å². The van der Waals surface area contributed by atoms with E-state index in [0.29, 0.717) is 11.3 Å². The van der Waals surface area contributed by atoms with Crippen molar-refractivity contribution < 1.29 is 14.0 Å². The molecular formula is C18H17FN2O2S. The molecule has 1 heterocycles. The van der Waals surface area contributed by atoms with E-state index in [9.17, 15) is 14.0 Å². The Morgan fingerprint density at radius 2 is 1.92 bits per heavy atom. The van der Waals surface area contributed by atoms with Crippen molar-refractivity contribution >= 4 is 29.3 Å². The first-order chi connectivity index (χ1) is 11.5. The van der Waals surface area contributed by atoms with Crippen molar-refractivity contribution in [1.29, 1.82) is 0 Å². The van der Waals surface area contributed by atoms with Crippen LogP contribution in [0.25, 0.3) is 0 Å². The number of amides is 2. The van der Waals surface area contributed by atoms with Gasteiger partial charge in [0.15, 0.2) is 5.78 Å². The molecule has 0 saturated heterocycles. The molecule has 0 spiro atoms. The second-order valence-electron chi connectivity index (χ2n) is 5.60. The summed E-state index contributed by atoms with van der Waals surface area (Å²) in [5, 5.41) is 5.63. The third-order valence-corrected chi connectivity index (χ3v) is 4.99. The maximum atomic E-state index is 13.5. The second kappa shape index (κ2) is 7.05. The van der Waals surface area contributed by atoms with E-state index in [2.05, 4.69) is 10.6 Å². The first-order valence-corrected chi connectivity index (χ1v) is 8.62. The summed E-state index contributed by atoms with van der Waals surface area (Å²) in [5.74, 6) is 0.546. The van der Waals surface area contributed by atoms with Crippen molar-refractivity contribution in [2.45, 2.75) is 24.3 Å². The normalized spacial score (nSPS) is 16.2. The zero-order valence-electron chi connectivity index (χ0n) is 13.1. The number of ketones is 1. The molecule has 2 aromatic carbocycles. The fourth-order valence-electron chi connectivity index (χ4n) is 2.63. The fraction of sp³-hybridized carbons (Fsp3) is 0.222. The highest BCUT2D eigenvalue weighted by Crippen LogP contribution is 2.36. The van der Waals surface area contributed by atoms with Gasteiger partial charge in [-0.15, -0.1) is 11.8 Å². The molecule has 1 unspecified atom stereocenters. The lowest BCUT2D eigenvalue weighted by molar-refractivity contribution is 0.101. The molecule has 0 radical (unpaired) electrons. The highest BCUT2D eigenvalue weighted by molar-refractivity contribution is 7.99. The lowest BCUT2D eigenvalue weighted by atomic mass is 10.0. The molecule has 124 valence electrons. The van der Waals surface area contributed by atoms with Gasteiger partial charge in [0.25, 0.3) is 0 Å². The molecule has 1 atom stereocenters. The quantitative estimate of drug-likeness (QED) is 0.812. The number of benzene rings is 2. The molecule has 3 rings (SSSR count). The van der Waals surface area contributed by atoms with Crippen LogP contribution in [0.2, 0.25) is 0 Å². The Morgan fingerprint density at radius 3 is 2.62 bits per heavy atom. The number of carbonyl (C=O) groups is 2. The zero-order valence-corrected chi connectivity index (χ0v) is 14.0. The number of thioether (sulfide) groups is 1. The van der Waals surface area contributed by atoms with E-state index >= 15 is 0 Å². The largest absolute Gasteiger partial charge is 0.331 e. The van der Waals surface area contributed by atoms with E-state index in [-0.39, 0.29) is 23.7 Å². The number of nitrogens with one attached hydrogen (secondary N) is 2. The summed E-state index contributed by atoms with van der Waals surface area (Å²) in [6.07, 6.45) is 0.748. The minimum absolute atomic E-state index is 0.0238. The molecule has 24 heavy (non-hydrogen) atoms. The summed E-state index contributed by atoms with van der Waals surface area (Å²) >= 11 is 1.67. The van der Waals surface area contributed by atoms with Crippen molar-refractivity contribution in [2.24, 2.45) is 0 Å². The number of halogens is 1. The molecule has 0 aliphatic carbocycles. The Kier molecular flexibility index (Phi) is 4.85. The zero-order chi connectivity index (χ0) is 17.1. The van der Waals surface area contributed by atoms with Gasteiger partial charge in [-0.25, -0.2) is 9.18 Å². The highest BCUT2D eigenvalue weighted by atomic mass is 32.2. The number of carbonyl (C=O) groups excluding carboxylic acids is 2. The maximum Gasteiger partial charge on any atom is 0.319 e. The predicted molar refractivity (Wildman–Crippen MR) is 93.1 cm³/mol. The Balaban J connectivity index is 1.67. The number of hydrogen-bond acceptors (Lipinski definition) is 3. The van der Waals surface area contributed by atoms with E-state index < -0.39 is 0 Å². The molecule has 1 aliphatic rings. The summed E-state index contributed by atoms with van der Waals surface area (Å²) in [7, 11) is 0. The van der Waals surface area contributed by atoms with Gasteiger partial charge in [0, 0.05) is 21.9 Å². The summed E-state index contributed by atoms with van der Waals surface area (Å²) in [4.78, 5) is 24.5. The van der Waals surface area contributed by atoms with Crippen LogP contribution >= 0.6 is 11.8 Å². The van der Waals surface area contributed by atoms with E-state index in [1.807, 2.05) is 0 Å². The molecule has 0 bridgehead atoms. The fourth-order valence-corrected chi connectivity index (χ4v) is 3.73. The monoisotopic (exact) mass is 344 g/mol. The maximum absolute atomic E-state index is 13.5. The number of rotatable bonds is 3. The van der Waals surface area contributed by atoms with Crippen LogP contribution in [0.1, 0.15) is 35.3 Å². The standard InChI is InChI=1S/C18H17FN2O2S/c1-11(22)12-2-5-14(6-3-12)20-18(23)21-16-8-9-24-17-7-4-13(19)10-15(16)17/h2-7,10,16H,8-9H2,1H3,(H2,20,21,23). The van der Waals surface area contributed by atoms with Gasteiger partial charge in [-0.1, -0.05) is 0 Å². The average molecular weight is 344 g/mol. The Labute approximate surface area is 143 Å². The minimum atomic E-state index is -0.349. The van der Waals surface area contributed by atoms with E-state index in [1.165, 1.54) is 19.1 Å². The topological polar surface area (TPSA) is 58.2 Å². The first kappa shape index (κ1) is 16.5. The lowest BCUT2D eigenvalue weighted by Crippen LogP contribution is -2.34. The molecule has 4 nitrogen and oxygen atoms in total. The van der Waals surface area contributed by atoms with Crippen molar-refractivity contribution in [1.82, 2.24) is 5.32 Å². The van der Waals surface area contributed by atoms with Crippen LogP contribution in [0.5, 0.6) is 0 Å². The van der Waals surface area contributed by atoms with Crippen molar-refractivity contribution in [3.63, 3.8) is 0 Å². The Morgan fingerprint density at radius 1 is 1.17 bits per heavy atom. The van der Waals surface area contributed by atoms with Gasteiger partial charge in [0.05, 0.1) is 6.04 Å². The average Bonchev–Trinajstić information content (AvgIpc) is 2.56. The van der Waals surface area contributed by atoms with Gasteiger partial charge in [-0.05, 0) is 61.4 Å². The van der Waals surface area contributed by atoms with Gasteiger partial charge in [-0.2, -0.15) is 0 Å². The number of fused-ring (bicyclic) bond motifs is 1. The van der Waals surface area contributed by atoms with Crippen LogP contribution in [0.3, 0.4) is 0 Å². The van der Waals surface area contributed by atoms with Crippen LogP contribution in [-0.2, 0) is 0 Å². The number of hydrogen-bond donors (Lipinski definition) is 2. The molecule has 0 saturated carbocycles. The van der Waals surface area contributed by atoms with Crippen LogP contribution in [-0.4, -0.2) is 17.6 Å². The second-order valence-corrected chi connectivity index (χ2v) is 6.74. The van der Waals surface area contributed by atoms with Crippen LogP contribution in [0, 0.1) is 5.82 Å². The van der Waals surface area contributed by atoms with Crippen LogP contribution < -0.4 is 10.6 Å². The minimum Gasteiger partial charge on any atom is -0.331 e. The van der Waals surface area contributed by atoms with Crippen molar-refractivity contribution in [3.8, 4) is 0 Å². The predicted octanol–water partition coefficient (Wildman–Crippen LogP) is 4.39. The molecule has 0 aromatic heterocycles. The van der Waals surface area contributed by atoms with Gasteiger partial charge in [0.1, 0.15) is 5.82 Å². The molecule has 0 fully saturated rings. The summed E-state index contributed by atoms with van der Waals surface area (Å²) < 4.78 is 13.5. The molecule has 6 heteroatoms. The van der Waals surface area contributed by atoms with Gasteiger partial charge < -0.3 is 10.6 Å². The summed E-state index contributed by atoms with van der Waals surface area (Å²) in [5.41, 5.74) is 2.00. The SMILES string of the molecule is CC(=O)c1ccc(NC(=O)NC2CCSc3ccc(F)cc32)cc1. The molecule has 2 N–H and O–H groups in total. The first-order valence-electron chi connectivity index (χ1n) is 7.64. The lowest BCUT2D eigenvalue weighted by Gasteiger charge is -2.26.